The zero-order valence-corrected chi connectivity index (χ0v) is 11.5. The van der Waals surface area contributed by atoms with Gasteiger partial charge in [-0.2, -0.15) is 0 Å². The molecule has 6 nitrogen and oxygen atoms in total. The second kappa shape index (κ2) is 6.19. The summed E-state index contributed by atoms with van der Waals surface area (Å²) in [4.78, 5) is 23.1. The van der Waals surface area contributed by atoms with Crippen LogP contribution in [0.25, 0.3) is 0 Å². The summed E-state index contributed by atoms with van der Waals surface area (Å²) in [6.45, 7) is 3.55. The number of rotatable bonds is 4. The Balaban J connectivity index is 2.77. The first-order valence-electron chi connectivity index (χ1n) is 5.84. The molecule has 0 heterocycles. The van der Waals surface area contributed by atoms with E-state index in [1.165, 1.54) is 7.11 Å². The van der Waals surface area contributed by atoms with E-state index in [9.17, 15) is 9.59 Å². The predicted molar refractivity (Wildman–Crippen MR) is 74.2 cm³/mol. The molecular formula is C13H19N3O3. The van der Waals surface area contributed by atoms with Crippen LogP contribution in [0.15, 0.2) is 24.3 Å². The van der Waals surface area contributed by atoms with Crippen molar-refractivity contribution in [2.24, 2.45) is 0 Å². The van der Waals surface area contributed by atoms with E-state index in [0.29, 0.717) is 11.4 Å². The van der Waals surface area contributed by atoms with Crippen molar-refractivity contribution < 1.29 is 14.3 Å². The van der Waals surface area contributed by atoms with Gasteiger partial charge in [-0.05, 0) is 39.1 Å². The smallest absolute Gasteiger partial charge is 0.411 e. The fourth-order valence-electron chi connectivity index (χ4n) is 1.24. The van der Waals surface area contributed by atoms with Gasteiger partial charge in [0, 0.05) is 11.4 Å². The van der Waals surface area contributed by atoms with Crippen molar-refractivity contribution in [3.63, 3.8) is 0 Å². The van der Waals surface area contributed by atoms with Gasteiger partial charge < -0.3 is 15.4 Å². The molecule has 104 valence electrons. The summed E-state index contributed by atoms with van der Waals surface area (Å²) in [5.41, 5.74) is 0.473. The lowest BCUT2D eigenvalue weighted by Gasteiger charge is -2.22. The molecular weight excluding hydrogens is 246 g/mol. The number of carbonyl (C=O) groups excluding carboxylic acids is 2. The molecule has 0 aliphatic carbocycles. The van der Waals surface area contributed by atoms with Crippen molar-refractivity contribution in [3.05, 3.63) is 24.3 Å². The van der Waals surface area contributed by atoms with Crippen molar-refractivity contribution in [3.8, 4) is 0 Å². The first-order chi connectivity index (χ1) is 8.89. The Bertz CT molecular complexity index is 472. The number of amides is 2. The van der Waals surface area contributed by atoms with Crippen LogP contribution in [-0.2, 0) is 9.53 Å². The van der Waals surface area contributed by atoms with E-state index in [-0.39, 0.29) is 5.91 Å². The van der Waals surface area contributed by atoms with Crippen molar-refractivity contribution >= 4 is 23.4 Å². The highest BCUT2D eigenvalue weighted by Gasteiger charge is 2.25. The summed E-state index contributed by atoms with van der Waals surface area (Å²) in [6.07, 6.45) is -0.556. The Morgan fingerprint density at radius 3 is 2.26 bits per heavy atom. The van der Waals surface area contributed by atoms with E-state index in [4.69, 9.17) is 0 Å². The van der Waals surface area contributed by atoms with Crippen molar-refractivity contribution in [1.29, 1.82) is 0 Å². The zero-order chi connectivity index (χ0) is 14.5. The summed E-state index contributed by atoms with van der Waals surface area (Å²) in [6, 6.07) is 6.83. The minimum absolute atomic E-state index is 0.162. The predicted octanol–water partition coefficient (Wildman–Crippen LogP) is 1.80. The van der Waals surface area contributed by atoms with E-state index in [0.717, 1.165) is 0 Å². The number of nitrogens with one attached hydrogen (secondary N) is 3. The van der Waals surface area contributed by atoms with Gasteiger partial charge >= 0.3 is 6.09 Å². The lowest BCUT2D eigenvalue weighted by molar-refractivity contribution is -0.121. The van der Waals surface area contributed by atoms with Gasteiger partial charge in [-0.1, -0.05) is 6.07 Å². The molecule has 0 radical (unpaired) electrons. The molecule has 3 N–H and O–H groups in total. The first kappa shape index (κ1) is 15.0. The molecule has 0 saturated heterocycles. The third-order valence-corrected chi connectivity index (χ3v) is 2.74. The molecule has 2 amide bonds. The van der Waals surface area contributed by atoms with Crippen molar-refractivity contribution in [1.82, 2.24) is 5.32 Å². The van der Waals surface area contributed by atoms with Crippen LogP contribution in [0.1, 0.15) is 13.8 Å². The topological polar surface area (TPSA) is 79.5 Å². The van der Waals surface area contributed by atoms with E-state index < -0.39 is 11.6 Å². The van der Waals surface area contributed by atoms with Crippen LogP contribution in [0, 0.1) is 0 Å². The number of hydrogen-bond acceptors (Lipinski definition) is 4. The van der Waals surface area contributed by atoms with Crippen LogP contribution in [0.5, 0.6) is 0 Å². The van der Waals surface area contributed by atoms with Gasteiger partial charge in [0.1, 0.15) is 0 Å². The quantitative estimate of drug-likeness (QED) is 0.775. The number of carbonyl (C=O) groups is 2. The van der Waals surface area contributed by atoms with Crippen molar-refractivity contribution in [2.45, 2.75) is 19.4 Å². The zero-order valence-electron chi connectivity index (χ0n) is 11.5. The molecule has 1 aromatic carbocycles. The van der Waals surface area contributed by atoms with Gasteiger partial charge in [0.05, 0.1) is 12.6 Å². The molecule has 0 aliphatic rings. The van der Waals surface area contributed by atoms with Gasteiger partial charge in [-0.25, -0.2) is 4.79 Å². The molecule has 0 bridgehead atoms. The van der Waals surface area contributed by atoms with Crippen LogP contribution in [0.4, 0.5) is 16.2 Å². The van der Waals surface area contributed by atoms with E-state index >= 15 is 0 Å². The number of ether oxygens (including phenoxy) is 1. The van der Waals surface area contributed by atoms with Crippen LogP contribution in [0.3, 0.4) is 0 Å². The molecule has 0 atom stereocenters. The maximum absolute atomic E-state index is 12.0. The fraction of sp³-hybridized carbons (Fsp3) is 0.385. The first-order valence-corrected chi connectivity index (χ1v) is 5.84. The lowest BCUT2D eigenvalue weighted by atomic mass is 10.1. The Kier molecular flexibility index (Phi) is 4.88. The summed E-state index contributed by atoms with van der Waals surface area (Å²) >= 11 is 0. The summed E-state index contributed by atoms with van der Waals surface area (Å²) in [5, 5.41) is 8.22. The maximum Gasteiger partial charge on any atom is 0.411 e. The molecule has 0 saturated carbocycles. The van der Waals surface area contributed by atoms with E-state index in [1.807, 2.05) is 0 Å². The Hall–Kier alpha value is -2.08. The normalized spacial score (nSPS) is 10.7. The largest absolute Gasteiger partial charge is 0.453 e. The van der Waals surface area contributed by atoms with Crippen LogP contribution < -0.4 is 16.0 Å². The highest BCUT2D eigenvalue weighted by Crippen LogP contribution is 2.16. The standard InChI is InChI=1S/C13H19N3O3/c1-13(2,14-3)11(17)15-9-6-5-7-10(8-9)16-12(18)19-4/h5-8,14H,1-4H3,(H,15,17)(H,16,18). The van der Waals surface area contributed by atoms with Crippen LogP contribution >= 0.6 is 0 Å². The molecule has 0 unspecified atom stereocenters. The SMILES string of the molecule is CNC(C)(C)C(=O)Nc1cccc(NC(=O)OC)c1. The Morgan fingerprint density at radius 1 is 1.16 bits per heavy atom. The maximum atomic E-state index is 12.0. The number of methoxy groups -OCH3 is 1. The molecule has 1 aromatic rings. The highest BCUT2D eigenvalue weighted by molar-refractivity contribution is 5.98. The summed E-state index contributed by atoms with van der Waals surface area (Å²) in [7, 11) is 3.01. The Labute approximate surface area is 112 Å². The molecule has 19 heavy (non-hydrogen) atoms. The van der Waals surface area contributed by atoms with Gasteiger partial charge in [-0.15, -0.1) is 0 Å². The number of anilines is 2. The average molecular weight is 265 g/mol. The van der Waals surface area contributed by atoms with Gasteiger partial charge in [-0.3, -0.25) is 10.1 Å². The summed E-state index contributed by atoms with van der Waals surface area (Å²) in [5.74, 6) is -0.162. The van der Waals surface area contributed by atoms with Gasteiger partial charge in [0.2, 0.25) is 5.91 Å². The number of benzene rings is 1. The van der Waals surface area contributed by atoms with Crippen LogP contribution in [-0.4, -0.2) is 31.7 Å². The molecule has 0 aliphatic heterocycles. The molecule has 0 aromatic heterocycles. The van der Waals surface area contributed by atoms with Gasteiger partial charge in [0.15, 0.2) is 0 Å². The minimum atomic E-state index is -0.675. The second-order valence-electron chi connectivity index (χ2n) is 4.53. The highest BCUT2D eigenvalue weighted by atomic mass is 16.5. The number of hydrogen-bond donors (Lipinski definition) is 3. The van der Waals surface area contributed by atoms with Gasteiger partial charge in [0.25, 0.3) is 0 Å². The summed E-state index contributed by atoms with van der Waals surface area (Å²) < 4.78 is 4.50. The lowest BCUT2D eigenvalue weighted by Crippen LogP contribution is -2.47. The molecule has 0 spiro atoms. The monoisotopic (exact) mass is 265 g/mol. The minimum Gasteiger partial charge on any atom is -0.453 e. The molecule has 6 heteroatoms. The third-order valence-electron chi connectivity index (χ3n) is 2.74. The van der Waals surface area contributed by atoms with E-state index in [2.05, 4.69) is 20.7 Å². The average Bonchev–Trinajstić information content (AvgIpc) is 2.38. The van der Waals surface area contributed by atoms with Crippen molar-refractivity contribution in [2.75, 3.05) is 24.8 Å². The second-order valence-corrected chi connectivity index (χ2v) is 4.53. The molecule has 1 rings (SSSR count). The van der Waals surface area contributed by atoms with Crippen LogP contribution in [0.2, 0.25) is 0 Å². The third kappa shape index (κ3) is 4.26. The Morgan fingerprint density at radius 2 is 1.74 bits per heavy atom. The number of likely N-dealkylation sites (N-methyl/N-ethyl adjacent to an activating group) is 1. The molecule has 0 fully saturated rings. The van der Waals surface area contributed by atoms with E-state index in [1.54, 1.807) is 45.2 Å². The fourth-order valence-corrected chi connectivity index (χ4v) is 1.24.